The number of aromatic nitrogens is 2. The van der Waals surface area contributed by atoms with E-state index in [1.54, 1.807) is 0 Å². The number of aryl methyl sites for hydroxylation is 8. The Kier molecular flexibility index (Phi) is 16.4. The van der Waals surface area contributed by atoms with Gasteiger partial charge in [-0.05, 0) is 149 Å². The van der Waals surface area contributed by atoms with Gasteiger partial charge in [-0.2, -0.15) is 0 Å². The number of phenolic OH excluding ortho intramolecular Hbond substituents is 2. The van der Waals surface area contributed by atoms with Gasteiger partial charge in [0.25, 0.3) is 11.5 Å². The molecule has 6 nitrogen and oxygen atoms in total. The molecule has 0 saturated carbocycles. The first-order valence-corrected chi connectivity index (χ1v) is 32.9. The molecule has 0 spiro atoms. The third-order valence-corrected chi connectivity index (χ3v) is 18.9. The summed E-state index contributed by atoms with van der Waals surface area (Å²) in [7, 11) is -3.58. The Morgan fingerprint density at radius 2 is 0.684 bits per heavy atom. The van der Waals surface area contributed by atoms with Crippen LogP contribution in [-0.4, -0.2) is 58.2 Å². The average molecular weight is 1210 g/mol. The molecule has 0 fully saturated rings. The first-order valence-electron chi connectivity index (χ1n) is 25.9. The summed E-state index contributed by atoms with van der Waals surface area (Å²) in [6.07, 6.45) is 0.722. The summed E-state index contributed by atoms with van der Waals surface area (Å²) >= 11 is 0. The van der Waals surface area contributed by atoms with Crippen molar-refractivity contribution in [3.63, 3.8) is 0 Å². The first-order chi connectivity index (χ1) is 34.6. The fourth-order valence-electron chi connectivity index (χ4n) is 11.0. The molecule has 10 aromatic rings. The molecule has 0 amide bonds. The minimum atomic E-state index is -1.79. The maximum absolute atomic E-state index is 12.7. The predicted octanol–water partition coefficient (Wildman–Crippen LogP) is 16.7. The quantitative estimate of drug-likeness (QED) is 0.0553. The number of ether oxygens (including phenoxy) is 2. The van der Waals surface area contributed by atoms with E-state index in [1.807, 2.05) is 0 Å². The zero-order valence-corrected chi connectivity index (χ0v) is 53.4. The Hall–Kier alpha value is -6.14. The molecule has 0 aliphatic heterocycles. The summed E-state index contributed by atoms with van der Waals surface area (Å²) in [5, 5.41) is 32.7. The van der Waals surface area contributed by atoms with Crippen LogP contribution >= 0.6 is 0 Å². The van der Waals surface area contributed by atoms with Crippen LogP contribution in [0.15, 0.2) is 121 Å². The summed E-state index contributed by atoms with van der Waals surface area (Å²) in [5.41, 5.74) is 18.4. The smallest absolute Gasteiger partial charge is 0.265 e. The van der Waals surface area contributed by atoms with Crippen molar-refractivity contribution < 1.29 is 45.5 Å². The van der Waals surface area contributed by atoms with Crippen molar-refractivity contribution in [3.8, 4) is 56.6 Å². The molecule has 0 atom stereocenters. The van der Waals surface area contributed by atoms with Gasteiger partial charge in [0, 0.05) is 69.6 Å². The fourth-order valence-corrected chi connectivity index (χ4v) is 13.4. The molecule has 0 unspecified atom stereocenters. The number of aliphatic hydroxyl groups is 2. The normalized spacial score (nSPS) is 11.8. The predicted molar refractivity (Wildman–Crippen MR) is 330 cm³/mol. The summed E-state index contributed by atoms with van der Waals surface area (Å²) in [6.45, 7) is 32.5. The molecule has 0 saturated heterocycles. The number of phenols is 2. The van der Waals surface area contributed by atoms with Gasteiger partial charge in [0.15, 0.2) is 13.2 Å². The van der Waals surface area contributed by atoms with Gasteiger partial charge in [-0.1, -0.05) is 110 Å². The van der Waals surface area contributed by atoms with E-state index in [0.717, 1.165) is 95.9 Å². The summed E-state index contributed by atoms with van der Waals surface area (Å²) in [4.78, 5) is 0. The number of aromatic hydroxyl groups is 4. The van der Waals surface area contributed by atoms with Gasteiger partial charge >= 0.3 is 0 Å². The van der Waals surface area contributed by atoms with Crippen LogP contribution in [0.25, 0.3) is 77.2 Å². The molecule has 0 radical (unpaired) electrons. The molecule has 0 bridgehead atoms. The van der Waals surface area contributed by atoms with E-state index >= 15 is 0 Å². The summed E-state index contributed by atoms with van der Waals surface area (Å²) in [6, 6.07) is 44.2. The summed E-state index contributed by atoms with van der Waals surface area (Å²) < 4.78 is 15.3. The molecule has 8 aromatic carbocycles. The van der Waals surface area contributed by atoms with Crippen molar-refractivity contribution in [3.05, 3.63) is 181 Å². The molecular weight excluding hydrogens is 1130 g/mol. The standard InChI is InChI=1S/C65H70N2O4Si2.2CH3.Hf/c1-38-16-20-48-49-21-17-39(2)29-57(49)66(56(48)28-38)60-32-42(5)26-52(62(60)68)54-36-46(72(9,10)11)34-44(7)64(54)70-24-15-25-71-65-45(8)35-47(73(12,13)14)37-55(65)53-27-43(6)33-61(63(53)69)67-58-30-40(3)18-22-50(58)51-23-19-41(4)31-59(51)67;;;/h16-23,26-37,68-69H,15,24-25H2,1-14H3;2*1H3;/q;2*-1;/p+2. The van der Waals surface area contributed by atoms with Crippen molar-refractivity contribution in [2.24, 2.45) is 0 Å². The van der Waals surface area contributed by atoms with Crippen LogP contribution in [0.3, 0.4) is 0 Å². The van der Waals surface area contributed by atoms with E-state index in [1.165, 1.54) is 54.2 Å². The van der Waals surface area contributed by atoms with E-state index in [4.69, 9.17) is 9.47 Å². The fraction of sp³-hybridized carbons (Fsp3) is 0.254. The van der Waals surface area contributed by atoms with Crippen LogP contribution in [0.5, 0.6) is 23.0 Å². The van der Waals surface area contributed by atoms with Crippen LogP contribution in [0, 0.1) is 70.2 Å². The molecule has 76 heavy (non-hydrogen) atoms. The number of hydrogen-bond acceptors (Lipinski definition) is 2. The molecule has 0 aliphatic carbocycles. The number of rotatable bonds is 12. The van der Waals surface area contributed by atoms with E-state index < -0.39 is 16.1 Å². The van der Waals surface area contributed by atoms with E-state index in [2.05, 4.69) is 225 Å². The number of hydrogen-bond donors (Lipinski definition) is 2. The molecule has 9 heteroatoms. The molecule has 10 rings (SSSR count). The van der Waals surface area contributed by atoms with Crippen molar-refractivity contribution in [1.82, 2.24) is 9.13 Å². The SMILES string of the molecule is Cc1cc(-c2cc([Si](C)(C)C)cc(C)c2[OH+]CCC[OH+]c2c(C)cc([Si](C)(C)C)cc2-c2cc(C)cc(-n3c4cc(C)ccc4c4ccc(C)cc43)c2O)c(O)c(-n2c3cc(C)ccc3c3ccc(C)cc32)c1.[CH3-].[CH3-].[Hf]. The summed E-state index contributed by atoms with van der Waals surface area (Å²) in [5.74, 6) is 2.32. The van der Waals surface area contributed by atoms with Crippen LogP contribution in [-0.2, 0) is 25.8 Å². The van der Waals surface area contributed by atoms with E-state index in [-0.39, 0.29) is 52.2 Å². The van der Waals surface area contributed by atoms with Crippen LogP contribution in [0.2, 0.25) is 39.3 Å². The van der Waals surface area contributed by atoms with E-state index in [0.29, 0.717) is 13.2 Å². The molecular formula is C67H78HfN2O4Si2. The van der Waals surface area contributed by atoms with Gasteiger partial charge < -0.3 is 43.7 Å². The molecule has 392 valence electrons. The third kappa shape index (κ3) is 10.5. The van der Waals surface area contributed by atoms with Crippen molar-refractivity contribution in [1.29, 1.82) is 0 Å². The van der Waals surface area contributed by atoms with Crippen LogP contribution < -0.4 is 10.4 Å². The Morgan fingerprint density at radius 3 is 0.974 bits per heavy atom. The van der Waals surface area contributed by atoms with Gasteiger partial charge in [0.1, 0.15) is 17.9 Å². The zero-order valence-electron chi connectivity index (χ0n) is 47.9. The Bertz CT molecular complexity index is 3500. The first kappa shape index (κ1) is 57.6. The second-order valence-corrected chi connectivity index (χ2v) is 33.3. The number of nitrogens with zero attached hydrogens (tertiary/aromatic N) is 2. The second kappa shape index (κ2) is 21.7. The molecule has 2 aromatic heterocycles. The largest absolute Gasteiger partial charge is 0.582 e. The topological polar surface area (TPSA) is 75.9 Å². The number of benzene rings is 8. The number of fused-ring (bicyclic) bond motifs is 6. The van der Waals surface area contributed by atoms with Crippen molar-refractivity contribution >= 4 is 70.1 Å². The minimum Gasteiger partial charge on any atom is -0.582 e. The maximum Gasteiger partial charge on any atom is 0.265 e. The Labute approximate surface area is 473 Å². The maximum atomic E-state index is 12.7. The van der Waals surface area contributed by atoms with Gasteiger partial charge in [-0.3, -0.25) is 0 Å². The third-order valence-electron chi connectivity index (χ3n) is 14.9. The zero-order chi connectivity index (χ0) is 52.0. The van der Waals surface area contributed by atoms with Gasteiger partial charge in [0.05, 0.1) is 60.7 Å². The van der Waals surface area contributed by atoms with Gasteiger partial charge in [0.2, 0.25) is 0 Å². The van der Waals surface area contributed by atoms with E-state index in [9.17, 15) is 10.2 Å². The van der Waals surface area contributed by atoms with Gasteiger partial charge in [-0.15, -0.1) is 0 Å². The van der Waals surface area contributed by atoms with Crippen molar-refractivity contribution in [2.45, 2.75) is 101 Å². The Balaban J connectivity index is 0.00000280. The monoisotopic (exact) mass is 1210 g/mol. The minimum absolute atomic E-state index is 0. The van der Waals surface area contributed by atoms with Crippen molar-refractivity contribution in [2.75, 3.05) is 13.2 Å². The van der Waals surface area contributed by atoms with Gasteiger partial charge in [-0.25, -0.2) is 0 Å². The molecule has 2 heterocycles. The average Bonchev–Trinajstić information content (AvgIpc) is 3.80. The molecule has 0 aliphatic rings. The van der Waals surface area contributed by atoms with Crippen LogP contribution in [0.4, 0.5) is 0 Å². The Morgan fingerprint density at radius 1 is 0.382 bits per heavy atom. The second-order valence-electron chi connectivity index (χ2n) is 23.1. The molecule has 4 N–H and O–H groups in total. The van der Waals surface area contributed by atoms with Crippen LogP contribution in [0.1, 0.15) is 50.9 Å².